The first kappa shape index (κ1) is 23.9. The smallest absolute Gasteiger partial charge is 0.379 e. The number of rotatable bonds is 6. The number of likely N-dealkylation sites (tertiary alicyclic amines) is 1. The molecular weight excluding hydrogens is 453 g/mol. The average Bonchev–Trinajstić information content (AvgIpc) is 2.75. The highest BCUT2D eigenvalue weighted by molar-refractivity contribution is 5.80. The third-order valence-electron chi connectivity index (χ3n) is 6.02. The molecule has 0 radical (unpaired) electrons. The Morgan fingerprint density at radius 2 is 1.82 bits per heavy atom. The Balaban J connectivity index is 1.23. The van der Waals surface area contributed by atoms with Crippen LogP contribution in [0, 0.1) is 12.8 Å². The number of aromatic amines is 1. The molecule has 10 nitrogen and oxygen atoms in total. The van der Waals surface area contributed by atoms with E-state index in [9.17, 15) is 22.8 Å². The minimum atomic E-state index is -4.79. The van der Waals surface area contributed by atoms with Crippen LogP contribution in [0.1, 0.15) is 18.1 Å². The van der Waals surface area contributed by atoms with Crippen LogP contribution in [0.15, 0.2) is 23.4 Å². The fourth-order valence-corrected chi connectivity index (χ4v) is 4.30. The third-order valence-corrected chi connectivity index (χ3v) is 6.02. The number of aryl methyl sites for hydroxylation is 1. The average molecular weight is 480 g/mol. The molecule has 2 aliphatic rings. The quantitative estimate of drug-likeness (QED) is 0.630. The summed E-state index contributed by atoms with van der Waals surface area (Å²) in [5.41, 5.74) is -1.94. The fraction of sp³-hybridized carbons (Fsp3) is 0.571. The SMILES string of the molecule is Cc1cnc(N2CCN(C(=O)C3CN(CC(C)Nc4cn[nH]c(=O)c4C(F)(F)F)C3)CC2)nc1. The number of amides is 1. The summed E-state index contributed by atoms with van der Waals surface area (Å²) in [6, 6.07) is -0.376. The first-order valence-electron chi connectivity index (χ1n) is 11.1. The van der Waals surface area contributed by atoms with Crippen molar-refractivity contribution in [3.8, 4) is 0 Å². The van der Waals surface area contributed by atoms with Gasteiger partial charge in [0.25, 0.3) is 5.56 Å². The predicted molar refractivity (Wildman–Crippen MR) is 118 cm³/mol. The van der Waals surface area contributed by atoms with Gasteiger partial charge in [-0.2, -0.15) is 18.3 Å². The maximum absolute atomic E-state index is 13.2. The first-order chi connectivity index (χ1) is 16.1. The first-order valence-corrected chi connectivity index (χ1v) is 11.1. The van der Waals surface area contributed by atoms with Gasteiger partial charge in [0.05, 0.1) is 17.8 Å². The molecule has 13 heteroatoms. The van der Waals surface area contributed by atoms with Crippen LogP contribution in [0.3, 0.4) is 0 Å². The number of carbonyl (C=O) groups is 1. The number of hydrogen-bond donors (Lipinski definition) is 2. The Bertz CT molecular complexity index is 1060. The minimum Gasteiger partial charge on any atom is -0.379 e. The predicted octanol–water partition coefficient (Wildman–Crippen LogP) is 0.968. The van der Waals surface area contributed by atoms with Crippen LogP contribution in [0.4, 0.5) is 24.8 Å². The minimum absolute atomic E-state index is 0.0967. The summed E-state index contributed by atoms with van der Waals surface area (Å²) in [7, 11) is 0. The van der Waals surface area contributed by atoms with E-state index in [1.165, 1.54) is 0 Å². The van der Waals surface area contributed by atoms with Crippen LogP contribution in [0.5, 0.6) is 0 Å². The zero-order valence-electron chi connectivity index (χ0n) is 19.0. The number of anilines is 2. The highest BCUT2D eigenvalue weighted by atomic mass is 19.4. The molecule has 2 aliphatic heterocycles. The summed E-state index contributed by atoms with van der Waals surface area (Å²) in [5, 5.41) is 8.02. The molecule has 2 aromatic rings. The monoisotopic (exact) mass is 480 g/mol. The molecular formula is C21H27F3N8O2. The summed E-state index contributed by atoms with van der Waals surface area (Å²) in [4.78, 5) is 39.0. The van der Waals surface area contributed by atoms with Crippen LogP contribution in [-0.4, -0.2) is 87.7 Å². The molecule has 2 fully saturated rings. The summed E-state index contributed by atoms with van der Waals surface area (Å²) in [5.74, 6) is 0.638. The Morgan fingerprint density at radius 1 is 1.18 bits per heavy atom. The second kappa shape index (κ2) is 9.57. The highest BCUT2D eigenvalue weighted by Gasteiger charge is 2.39. The zero-order chi connectivity index (χ0) is 24.5. The van der Waals surface area contributed by atoms with E-state index in [1.54, 1.807) is 19.3 Å². The Kier molecular flexibility index (Phi) is 6.73. The highest BCUT2D eigenvalue weighted by Crippen LogP contribution is 2.31. The lowest BCUT2D eigenvalue weighted by Crippen LogP contribution is -2.59. The van der Waals surface area contributed by atoms with E-state index in [0.717, 1.165) is 11.8 Å². The molecule has 1 amide bonds. The van der Waals surface area contributed by atoms with Crippen molar-refractivity contribution < 1.29 is 18.0 Å². The van der Waals surface area contributed by atoms with Crippen LogP contribution in [0.2, 0.25) is 0 Å². The Hall–Kier alpha value is -3.22. The van der Waals surface area contributed by atoms with Crippen molar-refractivity contribution in [3.63, 3.8) is 0 Å². The third kappa shape index (κ3) is 5.29. The van der Waals surface area contributed by atoms with Crippen LogP contribution >= 0.6 is 0 Å². The number of hydrogen-bond acceptors (Lipinski definition) is 8. The van der Waals surface area contributed by atoms with E-state index < -0.39 is 17.3 Å². The summed E-state index contributed by atoms with van der Waals surface area (Å²) >= 11 is 0. The van der Waals surface area contributed by atoms with Crippen molar-refractivity contribution in [2.45, 2.75) is 26.1 Å². The number of nitrogens with one attached hydrogen (secondary N) is 2. The number of alkyl halides is 3. The number of carbonyl (C=O) groups excluding carboxylic acids is 1. The molecule has 0 bridgehead atoms. The van der Waals surface area contributed by atoms with Gasteiger partial charge in [0.15, 0.2) is 0 Å². The van der Waals surface area contributed by atoms with E-state index >= 15 is 0 Å². The van der Waals surface area contributed by atoms with Gasteiger partial charge in [0, 0.05) is 64.2 Å². The van der Waals surface area contributed by atoms with Gasteiger partial charge in [-0.15, -0.1) is 0 Å². The van der Waals surface area contributed by atoms with Gasteiger partial charge < -0.3 is 15.1 Å². The van der Waals surface area contributed by atoms with Gasteiger partial charge in [-0.3, -0.25) is 14.5 Å². The number of H-pyrrole nitrogens is 1. The van der Waals surface area contributed by atoms with E-state index in [0.29, 0.717) is 51.8 Å². The standard InChI is InChI=1S/C21H27F3N8O2/c1-13-7-25-20(26-8-13)32-5-3-31(4-6-32)19(34)15-11-30(12-15)10-14(2)28-16-9-27-29-18(33)17(16)21(22,23)24/h7-9,14-15H,3-6,10-12H2,1-2H3,(H2,28,29,33). The van der Waals surface area contributed by atoms with E-state index in [-0.39, 0.29) is 23.6 Å². The summed E-state index contributed by atoms with van der Waals surface area (Å²) < 4.78 is 39.6. The molecule has 2 N–H and O–H groups in total. The molecule has 34 heavy (non-hydrogen) atoms. The van der Waals surface area contributed by atoms with Gasteiger partial charge >= 0.3 is 6.18 Å². The maximum Gasteiger partial charge on any atom is 0.423 e. The van der Waals surface area contributed by atoms with Gasteiger partial charge in [-0.05, 0) is 19.4 Å². The second-order valence-electron chi connectivity index (χ2n) is 8.82. The molecule has 0 saturated carbocycles. The molecule has 4 heterocycles. The summed E-state index contributed by atoms with van der Waals surface area (Å²) in [6.07, 6.45) is -0.281. The Morgan fingerprint density at radius 3 is 2.44 bits per heavy atom. The maximum atomic E-state index is 13.2. The van der Waals surface area contributed by atoms with Crippen molar-refractivity contribution in [3.05, 3.63) is 40.1 Å². The molecule has 2 aromatic heterocycles. The molecule has 2 saturated heterocycles. The van der Waals surface area contributed by atoms with Crippen LogP contribution in [-0.2, 0) is 11.0 Å². The lowest BCUT2D eigenvalue weighted by Gasteiger charge is -2.43. The van der Waals surface area contributed by atoms with E-state index in [2.05, 4.69) is 25.3 Å². The van der Waals surface area contributed by atoms with Crippen LogP contribution < -0.4 is 15.8 Å². The molecule has 0 spiro atoms. The molecule has 184 valence electrons. The van der Waals surface area contributed by atoms with Gasteiger partial charge in [-0.25, -0.2) is 15.1 Å². The number of piperazine rings is 1. The lowest BCUT2D eigenvalue weighted by atomic mass is 9.97. The van der Waals surface area contributed by atoms with Gasteiger partial charge in [0.2, 0.25) is 11.9 Å². The van der Waals surface area contributed by atoms with Gasteiger partial charge in [0.1, 0.15) is 5.56 Å². The van der Waals surface area contributed by atoms with E-state index in [4.69, 9.17) is 0 Å². The Labute approximate surface area is 194 Å². The molecule has 1 atom stereocenters. The molecule has 4 rings (SSSR count). The van der Waals surface area contributed by atoms with Crippen molar-refractivity contribution in [1.29, 1.82) is 0 Å². The molecule has 1 unspecified atom stereocenters. The largest absolute Gasteiger partial charge is 0.423 e. The topological polar surface area (TPSA) is 110 Å². The molecule has 0 aromatic carbocycles. The fourth-order valence-electron chi connectivity index (χ4n) is 4.30. The lowest BCUT2D eigenvalue weighted by molar-refractivity contribution is -0.141. The second-order valence-corrected chi connectivity index (χ2v) is 8.82. The molecule has 0 aliphatic carbocycles. The summed E-state index contributed by atoms with van der Waals surface area (Å²) in [6.45, 7) is 7.71. The van der Waals surface area contributed by atoms with E-state index in [1.807, 2.05) is 21.8 Å². The van der Waals surface area contributed by atoms with Crippen molar-refractivity contribution in [2.24, 2.45) is 5.92 Å². The van der Waals surface area contributed by atoms with Crippen LogP contribution in [0.25, 0.3) is 0 Å². The van der Waals surface area contributed by atoms with Gasteiger partial charge in [-0.1, -0.05) is 0 Å². The number of nitrogens with zero attached hydrogens (tertiary/aromatic N) is 6. The zero-order valence-corrected chi connectivity index (χ0v) is 19.0. The normalized spacial score (nSPS) is 18.5. The van der Waals surface area contributed by atoms with Crippen molar-refractivity contribution >= 4 is 17.5 Å². The van der Waals surface area contributed by atoms with Crippen molar-refractivity contribution in [1.82, 2.24) is 30.0 Å². The van der Waals surface area contributed by atoms with Crippen molar-refractivity contribution in [2.75, 3.05) is 56.0 Å². The number of halogens is 3. The number of aromatic nitrogens is 4.